The lowest BCUT2D eigenvalue weighted by Gasteiger charge is -2.36. The van der Waals surface area contributed by atoms with Crippen LogP contribution in [0.5, 0.6) is 0 Å². The van der Waals surface area contributed by atoms with Crippen LogP contribution in [0.4, 0.5) is 4.79 Å². The van der Waals surface area contributed by atoms with Crippen LogP contribution < -0.4 is 10.6 Å². The lowest BCUT2D eigenvalue weighted by molar-refractivity contribution is -0.137. The number of imide groups is 1. The Bertz CT molecular complexity index is 785. The van der Waals surface area contributed by atoms with Crippen molar-refractivity contribution in [3.8, 4) is 6.07 Å². The van der Waals surface area contributed by atoms with E-state index in [1.54, 1.807) is 24.3 Å². The summed E-state index contributed by atoms with van der Waals surface area (Å²) in [5, 5.41) is 14.4. The first-order valence-corrected chi connectivity index (χ1v) is 8.86. The smallest absolute Gasteiger partial charge is 0.325 e. The summed E-state index contributed by atoms with van der Waals surface area (Å²) in [5.74, 6) is -0.637. The van der Waals surface area contributed by atoms with Gasteiger partial charge >= 0.3 is 6.03 Å². The summed E-state index contributed by atoms with van der Waals surface area (Å²) < 4.78 is 0. The van der Waals surface area contributed by atoms with E-state index in [-0.39, 0.29) is 24.9 Å². The number of nitriles is 1. The van der Waals surface area contributed by atoms with E-state index in [2.05, 4.69) is 10.6 Å². The van der Waals surface area contributed by atoms with Crippen molar-refractivity contribution in [2.45, 2.75) is 44.7 Å². The number of rotatable bonds is 4. The van der Waals surface area contributed by atoms with Crippen LogP contribution in [0, 0.1) is 17.2 Å². The fourth-order valence-electron chi connectivity index (χ4n) is 3.79. The molecule has 2 atom stereocenters. The number of benzene rings is 1. The summed E-state index contributed by atoms with van der Waals surface area (Å²) in [6.45, 7) is 1.92. The Kier molecular flexibility index (Phi) is 4.94. The standard InChI is InChI=1S/C19H22N4O3/c1-13-5-2-3-8-19(13)17(25)23(18(26)22-19)12-16(24)21-11-15-7-4-6-14(9-15)10-20/h4,6-7,9,13H,2-3,5,8,11-12H2,1H3,(H,21,24)(H,22,26). The van der Waals surface area contributed by atoms with Crippen LogP contribution in [0.1, 0.15) is 43.7 Å². The van der Waals surface area contributed by atoms with Crippen molar-refractivity contribution in [1.82, 2.24) is 15.5 Å². The third-order valence-corrected chi connectivity index (χ3v) is 5.35. The SMILES string of the molecule is CC1CCCCC12NC(=O)N(CC(=O)NCc1cccc(C#N)c1)C2=O. The van der Waals surface area contributed by atoms with Gasteiger partial charge in [0, 0.05) is 6.54 Å². The number of nitrogens with zero attached hydrogens (tertiary/aromatic N) is 2. The maximum atomic E-state index is 12.8. The summed E-state index contributed by atoms with van der Waals surface area (Å²) in [5.41, 5.74) is 0.447. The van der Waals surface area contributed by atoms with Gasteiger partial charge in [0.05, 0.1) is 11.6 Å². The molecule has 2 unspecified atom stereocenters. The lowest BCUT2D eigenvalue weighted by Crippen LogP contribution is -2.54. The predicted molar refractivity (Wildman–Crippen MR) is 93.6 cm³/mol. The minimum Gasteiger partial charge on any atom is -0.350 e. The summed E-state index contributed by atoms with van der Waals surface area (Å²) in [4.78, 5) is 38.3. The topological polar surface area (TPSA) is 102 Å². The van der Waals surface area contributed by atoms with Crippen LogP contribution in [-0.4, -0.2) is 34.8 Å². The molecular weight excluding hydrogens is 332 g/mol. The van der Waals surface area contributed by atoms with E-state index in [1.807, 2.05) is 13.0 Å². The van der Waals surface area contributed by atoms with Gasteiger partial charge in [0.15, 0.2) is 0 Å². The molecule has 2 fully saturated rings. The van der Waals surface area contributed by atoms with Crippen LogP contribution >= 0.6 is 0 Å². The molecule has 0 bridgehead atoms. The van der Waals surface area contributed by atoms with E-state index in [0.717, 1.165) is 29.7 Å². The van der Waals surface area contributed by atoms with Gasteiger partial charge in [0.1, 0.15) is 12.1 Å². The number of carbonyl (C=O) groups excluding carboxylic acids is 3. The Labute approximate surface area is 152 Å². The van der Waals surface area contributed by atoms with Gasteiger partial charge in [-0.05, 0) is 36.5 Å². The minimum absolute atomic E-state index is 0.0643. The zero-order chi connectivity index (χ0) is 18.7. The molecular formula is C19H22N4O3. The third-order valence-electron chi connectivity index (χ3n) is 5.35. The summed E-state index contributed by atoms with van der Waals surface area (Å²) in [6.07, 6.45) is 3.46. The zero-order valence-corrected chi connectivity index (χ0v) is 14.7. The molecule has 1 heterocycles. The summed E-state index contributed by atoms with van der Waals surface area (Å²) >= 11 is 0. The van der Waals surface area contributed by atoms with Crippen molar-refractivity contribution in [3.05, 3.63) is 35.4 Å². The number of hydrogen-bond donors (Lipinski definition) is 2. The van der Waals surface area contributed by atoms with Gasteiger partial charge in [-0.2, -0.15) is 5.26 Å². The first kappa shape index (κ1) is 17.9. The lowest BCUT2D eigenvalue weighted by atomic mass is 9.73. The highest BCUT2D eigenvalue weighted by molar-refractivity contribution is 6.09. The highest BCUT2D eigenvalue weighted by atomic mass is 16.2. The largest absolute Gasteiger partial charge is 0.350 e. The van der Waals surface area contributed by atoms with Gasteiger partial charge in [-0.25, -0.2) is 4.79 Å². The molecule has 0 aromatic heterocycles. The number of hydrogen-bond acceptors (Lipinski definition) is 4. The molecule has 1 spiro atoms. The van der Waals surface area contributed by atoms with Crippen molar-refractivity contribution in [2.24, 2.45) is 5.92 Å². The Morgan fingerprint density at radius 1 is 1.42 bits per heavy atom. The van der Waals surface area contributed by atoms with Gasteiger partial charge in [0.25, 0.3) is 5.91 Å². The number of amides is 4. The second-order valence-electron chi connectivity index (χ2n) is 7.03. The normalized spacial score (nSPS) is 25.1. The van der Waals surface area contributed by atoms with Gasteiger partial charge in [-0.3, -0.25) is 14.5 Å². The molecule has 0 radical (unpaired) electrons. The first-order chi connectivity index (χ1) is 12.5. The Morgan fingerprint density at radius 2 is 2.23 bits per heavy atom. The van der Waals surface area contributed by atoms with Crippen LogP contribution in [-0.2, 0) is 16.1 Å². The van der Waals surface area contributed by atoms with Crippen LogP contribution in [0.2, 0.25) is 0 Å². The second-order valence-corrected chi connectivity index (χ2v) is 7.03. The van der Waals surface area contributed by atoms with E-state index in [0.29, 0.717) is 12.0 Å². The van der Waals surface area contributed by atoms with Crippen molar-refractivity contribution in [1.29, 1.82) is 5.26 Å². The summed E-state index contributed by atoms with van der Waals surface area (Å²) in [7, 11) is 0. The molecule has 26 heavy (non-hydrogen) atoms. The van der Waals surface area contributed by atoms with E-state index in [1.165, 1.54) is 0 Å². The fourth-order valence-corrected chi connectivity index (χ4v) is 3.79. The van der Waals surface area contributed by atoms with Crippen LogP contribution in [0.15, 0.2) is 24.3 Å². The molecule has 1 aliphatic heterocycles. The first-order valence-electron chi connectivity index (χ1n) is 8.86. The minimum atomic E-state index is -0.850. The van der Waals surface area contributed by atoms with Gasteiger partial charge in [-0.1, -0.05) is 31.9 Å². The quantitative estimate of drug-likeness (QED) is 0.803. The molecule has 4 amide bonds. The maximum Gasteiger partial charge on any atom is 0.325 e. The Balaban J connectivity index is 1.61. The molecule has 2 N–H and O–H groups in total. The van der Waals surface area contributed by atoms with Crippen molar-refractivity contribution in [2.75, 3.05) is 6.54 Å². The second kappa shape index (κ2) is 7.16. The predicted octanol–water partition coefficient (Wildman–Crippen LogP) is 1.68. The van der Waals surface area contributed by atoms with Gasteiger partial charge in [-0.15, -0.1) is 0 Å². The molecule has 1 aromatic carbocycles. The summed E-state index contributed by atoms with van der Waals surface area (Å²) in [6, 6.07) is 8.46. The highest BCUT2D eigenvalue weighted by Gasteiger charge is 2.55. The molecule has 1 saturated carbocycles. The average molecular weight is 354 g/mol. The van der Waals surface area contributed by atoms with E-state index in [9.17, 15) is 14.4 Å². The molecule has 7 heteroatoms. The van der Waals surface area contributed by atoms with Crippen LogP contribution in [0.25, 0.3) is 0 Å². The molecule has 2 aliphatic rings. The molecule has 7 nitrogen and oxygen atoms in total. The van der Waals surface area contributed by atoms with Crippen molar-refractivity contribution < 1.29 is 14.4 Å². The van der Waals surface area contributed by atoms with E-state index < -0.39 is 17.5 Å². The fraction of sp³-hybridized carbons (Fsp3) is 0.474. The van der Waals surface area contributed by atoms with Crippen molar-refractivity contribution >= 4 is 17.8 Å². The monoisotopic (exact) mass is 354 g/mol. The molecule has 3 rings (SSSR count). The highest BCUT2D eigenvalue weighted by Crippen LogP contribution is 2.38. The van der Waals surface area contributed by atoms with Gasteiger partial charge in [0.2, 0.25) is 5.91 Å². The molecule has 136 valence electrons. The third kappa shape index (κ3) is 3.27. The zero-order valence-electron chi connectivity index (χ0n) is 14.7. The molecule has 1 aromatic rings. The number of nitrogens with one attached hydrogen (secondary N) is 2. The van der Waals surface area contributed by atoms with E-state index in [4.69, 9.17) is 5.26 Å². The Morgan fingerprint density at radius 3 is 2.96 bits per heavy atom. The number of urea groups is 1. The maximum absolute atomic E-state index is 12.8. The molecule has 1 saturated heterocycles. The van der Waals surface area contributed by atoms with E-state index >= 15 is 0 Å². The Hall–Kier alpha value is -2.88. The van der Waals surface area contributed by atoms with Crippen molar-refractivity contribution in [3.63, 3.8) is 0 Å². The van der Waals surface area contributed by atoms with Gasteiger partial charge < -0.3 is 10.6 Å². The number of carbonyl (C=O) groups is 3. The average Bonchev–Trinajstić information content (AvgIpc) is 2.88. The molecule has 1 aliphatic carbocycles. The van der Waals surface area contributed by atoms with Crippen LogP contribution in [0.3, 0.4) is 0 Å².